The Balaban J connectivity index is 1.96. The van der Waals surface area contributed by atoms with E-state index >= 15 is 0 Å². The summed E-state index contributed by atoms with van der Waals surface area (Å²) in [5.41, 5.74) is -0.736. The fourth-order valence-corrected chi connectivity index (χ4v) is 4.58. The van der Waals surface area contributed by atoms with E-state index in [2.05, 4.69) is 4.72 Å². The molecule has 0 bridgehead atoms. The first-order chi connectivity index (χ1) is 14.2. The summed E-state index contributed by atoms with van der Waals surface area (Å²) < 4.78 is 65.3. The van der Waals surface area contributed by atoms with Crippen LogP contribution in [-0.4, -0.2) is 31.9 Å². The molecule has 1 heterocycles. The van der Waals surface area contributed by atoms with Crippen LogP contribution in [0.4, 0.5) is 30.2 Å². The molecule has 0 saturated carbocycles. The SMILES string of the molecule is CC1(C)CN(c2ccc(C#N)c(C(F)(F)F)c2)C(=S)N1c1ccc(NS(C)(=O)=O)cc1. The van der Waals surface area contributed by atoms with Gasteiger partial charge in [0.1, 0.15) is 0 Å². The van der Waals surface area contributed by atoms with Crippen LogP contribution in [0, 0.1) is 11.3 Å². The van der Waals surface area contributed by atoms with E-state index < -0.39 is 32.9 Å². The number of alkyl halides is 3. The predicted octanol–water partition coefficient (Wildman–Crippen LogP) is 4.34. The van der Waals surface area contributed by atoms with Gasteiger partial charge in [-0.2, -0.15) is 18.4 Å². The van der Waals surface area contributed by atoms with Gasteiger partial charge in [-0.25, -0.2) is 8.42 Å². The summed E-state index contributed by atoms with van der Waals surface area (Å²) in [6.07, 6.45) is -3.62. The first kappa shape index (κ1) is 22.8. The standard InChI is InChI=1S/C20H19F3N4O2S2/c1-19(2)12-26(16-7-4-13(11-24)17(10-16)20(21,22)23)18(30)27(19)15-8-5-14(6-9-15)25-31(3,28)29/h4-10,25H,12H2,1-3H3. The number of sulfonamides is 1. The molecule has 1 N–H and O–H groups in total. The molecule has 1 fully saturated rings. The number of nitrogens with one attached hydrogen (secondary N) is 1. The molecule has 6 nitrogen and oxygen atoms in total. The molecule has 0 amide bonds. The normalized spacial score (nSPS) is 16.4. The molecule has 1 aliphatic rings. The Morgan fingerprint density at radius 2 is 1.71 bits per heavy atom. The van der Waals surface area contributed by atoms with Crippen molar-refractivity contribution in [2.24, 2.45) is 0 Å². The summed E-state index contributed by atoms with van der Waals surface area (Å²) >= 11 is 5.59. The van der Waals surface area contributed by atoms with Crippen molar-refractivity contribution >= 4 is 44.4 Å². The minimum Gasteiger partial charge on any atom is -0.316 e. The van der Waals surface area contributed by atoms with E-state index in [4.69, 9.17) is 17.5 Å². The third-order valence-corrected chi connectivity index (χ3v) is 5.75. The summed E-state index contributed by atoms with van der Waals surface area (Å²) in [5, 5.41) is 9.31. The summed E-state index contributed by atoms with van der Waals surface area (Å²) in [5.74, 6) is 0. The number of hydrogen-bond acceptors (Lipinski definition) is 4. The van der Waals surface area contributed by atoms with Crippen molar-refractivity contribution in [3.05, 3.63) is 53.6 Å². The molecule has 1 aliphatic heterocycles. The van der Waals surface area contributed by atoms with E-state index in [0.717, 1.165) is 18.4 Å². The number of hydrogen-bond donors (Lipinski definition) is 1. The number of nitrogens with zero attached hydrogens (tertiary/aromatic N) is 3. The number of nitriles is 1. The lowest BCUT2D eigenvalue weighted by Gasteiger charge is -2.31. The van der Waals surface area contributed by atoms with Crippen LogP contribution in [0.2, 0.25) is 0 Å². The Bertz CT molecular complexity index is 1170. The highest BCUT2D eigenvalue weighted by atomic mass is 32.2. The molecule has 0 aliphatic carbocycles. The molecule has 0 unspecified atom stereocenters. The molecule has 0 atom stereocenters. The second-order valence-corrected chi connectivity index (χ2v) is 9.89. The predicted molar refractivity (Wildman–Crippen MR) is 118 cm³/mol. The highest BCUT2D eigenvalue weighted by Crippen LogP contribution is 2.39. The van der Waals surface area contributed by atoms with Crippen LogP contribution >= 0.6 is 12.2 Å². The van der Waals surface area contributed by atoms with Crippen molar-refractivity contribution in [3.8, 4) is 6.07 Å². The summed E-state index contributed by atoms with van der Waals surface area (Å²) in [6.45, 7) is 4.12. The lowest BCUT2D eigenvalue weighted by molar-refractivity contribution is -0.137. The van der Waals surface area contributed by atoms with Crippen LogP contribution in [-0.2, 0) is 16.2 Å². The Kier molecular flexibility index (Phi) is 5.67. The first-order valence-electron chi connectivity index (χ1n) is 9.04. The van der Waals surface area contributed by atoms with Crippen LogP contribution in [0.1, 0.15) is 25.0 Å². The van der Waals surface area contributed by atoms with Gasteiger partial charge in [-0.3, -0.25) is 4.72 Å². The van der Waals surface area contributed by atoms with Gasteiger partial charge < -0.3 is 9.80 Å². The van der Waals surface area contributed by atoms with Gasteiger partial charge in [-0.15, -0.1) is 0 Å². The molecule has 3 rings (SSSR count). The molecule has 1 saturated heterocycles. The molecular formula is C20H19F3N4O2S2. The minimum absolute atomic E-state index is 0.238. The zero-order chi connectivity index (χ0) is 23.2. The van der Waals surface area contributed by atoms with Gasteiger partial charge in [0.2, 0.25) is 10.0 Å². The lowest BCUT2D eigenvalue weighted by Crippen LogP contribution is -2.42. The third-order valence-electron chi connectivity index (χ3n) is 4.74. The number of thiocarbonyl (C=S) groups is 1. The Morgan fingerprint density at radius 1 is 1.13 bits per heavy atom. The van der Waals surface area contributed by atoms with Gasteiger partial charge >= 0.3 is 6.18 Å². The molecule has 164 valence electrons. The summed E-state index contributed by atoms with van der Waals surface area (Å²) in [7, 11) is -3.42. The molecule has 2 aromatic carbocycles. The van der Waals surface area contributed by atoms with Gasteiger partial charge in [0.25, 0.3) is 0 Å². The highest BCUT2D eigenvalue weighted by molar-refractivity contribution is 7.92. The number of rotatable bonds is 4. The molecule has 11 heteroatoms. The van der Waals surface area contributed by atoms with Crippen LogP contribution in [0.3, 0.4) is 0 Å². The van der Waals surface area contributed by atoms with E-state index in [1.165, 1.54) is 6.07 Å². The molecule has 31 heavy (non-hydrogen) atoms. The van der Waals surface area contributed by atoms with Gasteiger partial charge in [-0.1, -0.05) is 0 Å². The van der Waals surface area contributed by atoms with E-state index in [0.29, 0.717) is 23.0 Å². The maximum Gasteiger partial charge on any atom is 0.417 e. The molecule has 0 spiro atoms. The average molecular weight is 469 g/mol. The quantitative estimate of drug-likeness (QED) is 0.673. The van der Waals surface area contributed by atoms with Crippen molar-refractivity contribution < 1.29 is 21.6 Å². The molecule has 0 radical (unpaired) electrons. The monoisotopic (exact) mass is 468 g/mol. The molecular weight excluding hydrogens is 449 g/mol. The maximum absolute atomic E-state index is 13.4. The van der Waals surface area contributed by atoms with Gasteiger partial charge in [0.15, 0.2) is 5.11 Å². The van der Waals surface area contributed by atoms with Gasteiger partial charge in [0, 0.05) is 23.6 Å². The zero-order valence-corrected chi connectivity index (χ0v) is 18.5. The smallest absolute Gasteiger partial charge is 0.316 e. The van der Waals surface area contributed by atoms with E-state index in [1.54, 1.807) is 40.1 Å². The average Bonchev–Trinajstić information content (AvgIpc) is 2.89. The fraction of sp³-hybridized carbons (Fsp3) is 0.300. The summed E-state index contributed by atoms with van der Waals surface area (Å²) in [6, 6.07) is 11.6. The summed E-state index contributed by atoms with van der Waals surface area (Å²) in [4.78, 5) is 3.40. The molecule has 2 aromatic rings. The van der Waals surface area contributed by atoms with E-state index in [1.807, 2.05) is 13.8 Å². The van der Waals surface area contributed by atoms with Gasteiger partial charge in [-0.05, 0) is 68.5 Å². The van der Waals surface area contributed by atoms with E-state index in [9.17, 15) is 21.6 Å². The van der Waals surface area contributed by atoms with Crippen LogP contribution in [0.5, 0.6) is 0 Å². The maximum atomic E-state index is 13.4. The highest BCUT2D eigenvalue weighted by Gasteiger charge is 2.43. The second-order valence-electron chi connectivity index (χ2n) is 7.78. The minimum atomic E-state index is -4.67. The largest absolute Gasteiger partial charge is 0.417 e. The van der Waals surface area contributed by atoms with Crippen LogP contribution in [0.25, 0.3) is 0 Å². The fourth-order valence-electron chi connectivity index (χ4n) is 3.49. The first-order valence-corrected chi connectivity index (χ1v) is 11.3. The zero-order valence-electron chi connectivity index (χ0n) is 16.9. The van der Waals surface area contributed by atoms with E-state index in [-0.39, 0.29) is 5.69 Å². The van der Waals surface area contributed by atoms with Crippen molar-refractivity contribution in [2.75, 3.05) is 27.3 Å². The Labute approximate surface area is 183 Å². The topological polar surface area (TPSA) is 76.4 Å². The van der Waals surface area contributed by atoms with Crippen molar-refractivity contribution in [1.82, 2.24) is 0 Å². The van der Waals surface area contributed by atoms with Crippen molar-refractivity contribution in [3.63, 3.8) is 0 Å². The van der Waals surface area contributed by atoms with Crippen molar-refractivity contribution in [2.45, 2.75) is 25.6 Å². The third kappa shape index (κ3) is 4.75. The number of anilines is 3. The Hall–Kier alpha value is -2.84. The van der Waals surface area contributed by atoms with Crippen molar-refractivity contribution in [1.29, 1.82) is 5.26 Å². The molecule has 0 aromatic heterocycles. The number of benzene rings is 2. The lowest BCUT2D eigenvalue weighted by atomic mass is 10.0. The number of halogens is 3. The van der Waals surface area contributed by atoms with Gasteiger partial charge in [0.05, 0.1) is 29.0 Å². The second kappa shape index (κ2) is 7.69. The van der Waals surface area contributed by atoms with Crippen LogP contribution in [0.15, 0.2) is 42.5 Å². The van der Waals surface area contributed by atoms with Crippen LogP contribution < -0.4 is 14.5 Å². The Morgan fingerprint density at radius 3 is 2.23 bits per heavy atom.